The Kier molecular flexibility index (Phi) is 2.18. The van der Waals surface area contributed by atoms with E-state index in [4.69, 9.17) is 0 Å². The number of hydrogen-bond donors (Lipinski definition) is 0. The molecule has 0 aromatic carbocycles. The Balaban J connectivity index is 2.64. The lowest BCUT2D eigenvalue weighted by Gasteiger charge is -2.25. The van der Waals surface area contributed by atoms with Gasteiger partial charge >= 0.3 is 0 Å². The molecule has 1 fully saturated rings. The van der Waals surface area contributed by atoms with E-state index in [0.29, 0.717) is 5.25 Å². The van der Waals surface area contributed by atoms with Crippen molar-refractivity contribution in [2.24, 2.45) is 5.41 Å². The van der Waals surface area contributed by atoms with E-state index in [1.165, 1.54) is 0 Å². The maximum atomic E-state index is 11.3. The summed E-state index contributed by atoms with van der Waals surface area (Å²) in [5.41, 5.74) is 0.251. The normalized spacial score (nSPS) is 34.7. The molecule has 0 aromatic heterocycles. The Morgan fingerprint density at radius 1 is 1.40 bits per heavy atom. The molecule has 0 saturated carbocycles. The molecule has 1 aliphatic rings. The largest absolute Gasteiger partial charge is 0.259 e. The molecule has 60 valence electrons. The Hall–Kier alpha value is 0.150. The van der Waals surface area contributed by atoms with Gasteiger partial charge in [-0.2, -0.15) is 0 Å². The van der Waals surface area contributed by atoms with Crippen molar-refractivity contribution in [1.29, 1.82) is 0 Å². The van der Waals surface area contributed by atoms with Gasteiger partial charge in [0.25, 0.3) is 0 Å². The molecule has 0 N–H and O–H groups in total. The molecular formula is C8H16OS. The second kappa shape index (κ2) is 2.65. The van der Waals surface area contributed by atoms with Gasteiger partial charge in [-0.15, -0.1) is 0 Å². The first-order valence-electron chi connectivity index (χ1n) is 3.89. The Bertz CT molecular complexity index is 146. The fourth-order valence-electron chi connectivity index (χ4n) is 1.51. The van der Waals surface area contributed by atoms with Crippen LogP contribution in [0.1, 0.15) is 33.6 Å². The number of hydrogen-bond acceptors (Lipinski definition) is 1. The van der Waals surface area contributed by atoms with E-state index < -0.39 is 10.8 Å². The molecule has 2 atom stereocenters. The van der Waals surface area contributed by atoms with Crippen molar-refractivity contribution in [2.45, 2.75) is 38.9 Å². The van der Waals surface area contributed by atoms with E-state index in [0.717, 1.165) is 18.6 Å². The zero-order valence-electron chi connectivity index (χ0n) is 7.02. The molecule has 1 aliphatic heterocycles. The van der Waals surface area contributed by atoms with Crippen molar-refractivity contribution in [3.05, 3.63) is 0 Å². The van der Waals surface area contributed by atoms with E-state index in [-0.39, 0.29) is 5.41 Å². The molecule has 1 heterocycles. The van der Waals surface area contributed by atoms with E-state index in [2.05, 4.69) is 20.8 Å². The van der Waals surface area contributed by atoms with Crippen LogP contribution in [0.25, 0.3) is 0 Å². The molecule has 1 saturated heterocycles. The third kappa shape index (κ3) is 1.60. The Morgan fingerprint density at radius 3 is 2.20 bits per heavy atom. The first kappa shape index (κ1) is 8.25. The molecule has 0 aliphatic carbocycles. The predicted molar refractivity (Wildman–Crippen MR) is 45.5 cm³/mol. The van der Waals surface area contributed by atoms with Gasteiger partial charge in [0.05, 0.1) is 0 Å². The lowest BCUT2D eigenvalue weighted by atomic mass is 9.89. The smallest absolute Gasteiger partial charge is 0.0396 e. The number of rotatable bonds is 0. The highest BCUT2D eigenvalue weighted by molar-refractivity contribution is 7.85. The minimum atomic E-state index is -0.530. The summed E-state index contributed by atoms with van der Waals surface area (Å²) in [6.45, 7) is 6.54. The molecule has 0 radical (unpaired) electrons. The van der Waals surface area contributed by atoms with Crippen LogP contribution in [0.15, 0.2) is 0 Å². The Labute approximate surface area is 65.7 Å². The third-order valence-corrected chi connectivity index (χ3v) is 4.36. The fraction of sp³-hybridized carbons (Fsp3) is 1.00. The Morgan fingerprint density at radius 2 is 2.00 bits per heavy atom. The summed E-state index contributed by atoms with van der Waals surface area (Å²) in [4.78, 5) is 0. The topological polar surface area (TPSA) is 17.1 Å². The minimum Gasteiger partial charge on any atom is -0.259 e. The lowest BCUT2D eigenvalue weighted by molar-refractivity contribution is 0.382. The first-order chi connectivity index (χ1) is 4.52. The van der Waals surface area contributed by atoms with E-state index >= 15 is 0 Å². The molecule has 1 nitrogen and oxygen atoms in total. The summed E-state index contributed by atoms with van der Waals surface area (Å²) in [6, 6.07) is 0. The lowest BCUT2D eigenvalue weighted by Crippen LogP contribution is -2.26. The SMILES string of the molecule is CC(C)(C)[C@H]1CCCS1=O. The summed E-state index contributed by atoms with van der Waals surface area (Å²) in [5.74, 6) is 0.932. The highest BCUT2D eigenvalue weighted by Gasteiger charge is 2.33. The monoisotopic (exact) mass is 160 g/mol. The second-order valence-electron chi connectivity index (χ2n) is 4.08. The van der Waals surface area contributed by atoms with Crippen LogP contribution in [-0.2, 0) is 10.8 Å². The van der Waals surface area contributed by atoms with Gasteiger partial charge in [-0.05, 0) is 18.3 Å². The van der Waals surface area contributed by atoms with E-state index in [1.54, 1.807) is 0 Å². The van der Waals surface area contributed by atoms with Crippen LogP contribution in [0, 0.1) is 5.41 Å². The van der Waals surface area contributed by atoms with Crippen molar-refractivity contribution >= 4 is 10.8 Å². The molecule has 0 amide bonds. The average molecular weight is 160 g/mol. The summed E-state index contributed by atoms with van der Waals surface area (Å²) in [7, 11) is -0.530. The first-order valence-corrected chi connectivity index (χ1v) is 5.27. The van der Waals surface area contributed by atoms with Crippen LogP contribution in [-0.4, -0.2) is 15.2 Å². The summed E-state index contributed by atoms with van der Waals surface area (Å²) in [5, 5.41) is 0.451. The highest BCUT2D eigenvalue weighted by atomic mass is 32.2. The van der Waals surface area contributed by atoms with Crippen molar-refractivity contribution < 1.29 is 4.21 Å². The quantitative estimate of drug-likeness (QED) is 0.529. The highest BCUT2D eigenvalue weighted by Crippen LogP contribution is 2.32. The predicted octanol–water partition coefficient (Wildman–Crippen LogP) is 1.94. The van der Waals surface area contributed by atoms with Crippen LogP contribution < -0.4 is 0 Å². The van der Waals surface area contributed by atoms with Crippen molar-refractivity contribution in [2.75, 3.05) is 5.75 Å². The molecule has 2 heteroatoms. The van der Waals surface area contributed by atoms with Crippen LogP contribution >= 0.6 is 0 Å². The van der Waals surface area contributed by atoms with Crippen molar-refractivity contribution in [1.82, 2.24) is 0 Å². The van der Waals surface area contributed by atoms with Crippen LogP contribution in [0.2, 0.25) is 0 Å². The summed E-state index contributed by atoms with van der Waals surface area (Å²) < 4.78 is 11.3. The summed E-state index contributed by atoms with van der Waals surface area (Å²) >= 11 is 0. The molecule has 0 spiro atoms. The standard InChI is InChI=1S/C8H16OS/c1-8(2,3)7-5-4-6-10(7)9/h7H,4-6H2,1-3H3/t7-,10?/m1/s1. The van der Waals surface area contributed by atoms with Gasteiger partial charge in [-0.25, -0.2) is 0 Å². The molecular weight excluding hydrogens is 144 g/mol. The molecule has 1 rings (SSSR count). The maximum absolute atomic E-state index is 11.3. The van der Waals surface area contributed by atoms with Gasteiger partial charge in [0.2, 0.25) is 0 Å². The van der Waals surface area contributed by atoms with Gasteiger partial charge in [0, 0.05) is 21.8 Å². The minimum absolute atomic E-state index is 0.251. The molecule has 10 heavy (non-hydrogen) atoms. The molecule has 0 aromatic rings. The van der Waals surface area contributed by atoms with Gasteiger partial charge in [-0.1, -0.05) is 20.8 Å². The third-order valence-electron chi connectivity index (χ3n) is 2.10. The van der Waals surface area contributed by atoms with E-state index in [1.807, 2.05) is 0 Å². The van der Waals surface area contributed by atoms with Gasteiger partial charge < -0.3 is 0 Å². The zero-order valence-corrected chi connectivity index (χ0v) is 7.83. The van der Waals surface area contributed by atoms with Gasteiger partial charge in [0.1, 0.15) is 0 Å². The fourth-order valence-corrected chi connectivity index (χ4v) is 3.47. The summed E-state index contributed by atoms with van der Waals surface area (Å²) in [6.07, 6.45) is 2.32. The van der Waals surface area contributed by atoms with Crippen molar-refractivity contribution in [3.63, 3.8) is 0 Å². The second-order valence-corrected chi connectivity index (χ2v) is 5.82. The van der Waals surface area contributed by atoms with Gasteiger partial charge in [0.15, 0.2) is 0 Å². The van der Waals surface area contributed by atoms with Crippen LogP contribution in [0.3, 0.4) is 0 Å². The maximum Gasteiger partial charge on any atom is 0.0396 e. The molecule has 0 bridgehead atoms. The zero-order chi connectivity index (χ0) is 7.78. The van der Waals surface area contributed by atoms with Crippen LogP contribution in [0.5, 0.6) is 0 Å². The average Bonchev–Trinajstić information content (AvgIpc) is 2.11. The molecule has 1 unspecified atom stereocenters. The van der Waals surface area contributed by atoms with Crippen molar-refractivity contribution in [3.8, 4) is 0 Å². The van der Waals surface area contributed by atoms with Crippen LogP contribution in [0.4, 0.5) is 0 Å². The van der Waals surface area contributed by atoms with Gasteiger partial charge in [-0.3, -0.25) is 4.21 Å². The van der Waals surface area contributed by atoms with E-state index in [9.17, 15) is 4.21 Å².